The first-order chi connectivity index (χ1) is 7.76. The minimum Gasteiger partial charge on any atom is -0.310 e. The molecule has 16 heavy (non-hydrogen) atoms. The molecular formula is C14H22FN. The first-order valence-electron chi connectivity index (χ1n) is 6.24. The van der Waals surface area contributed by atoms with Crippen LogP contribution in [0.4, 0.5) is 4.39 Å². The van der Waals surface area contributed by atoms with Crippen molar-refractivity contribution in [1.29, 1.82) is 0 Å². The molecule has 1 aromatic rings. The van der Waals surface area contributed by atoms with E-state index in [1.807, 2.05) is 6.07 Å². The van der Waals surface area contributed by atoms with Crippen molar-refractivity contribution in [3.8, 4) is 0 Å². The minimum absolute atomic E-state index is 0.152. The van der Waals surface area contributed by atoms with Crippen molar-refractivity contribution in [3.05, 3.63) is 35.6 Å². The molecule has 1 unspecified atom stereocenters. The monoisotopic (exact) mass is 223 g/mol. The van der Waals surface area contributed by atoms with Crippen molar-refractivity contribution in [3.63, 3.8) is 0 Å². The highest BCUT2D eigenvalue weighted by Gasteiger charge is 2.04. The molecule has 2 heteroatoms. The van der Waals surface area contributed by atoms with Gasteiger partial charge in [-0.05, 0) is 30.5 Å². The average Bonchev–Trinajstić information content (AvgIpc) is 2.29. The second-order valence-electron chi connectivity index (χ2n) is 4.26. The Hall–Kier alpha value is -0.890. The zero-order chi connectivity index (χ0) is 11.8. The molecule has 0 aliphatic rings. The Morgan fingerprint density at radius 1 is 1.31 bits per heavy atom. The summed E-state index contributed by atoms with van der Waals surface area (Å²) in [6.07, 6.45) is 4.84. The quantitative estimate of drug-likeness (QED) is 0.739. The molecule has 0 saturated carbocycles. The summed E-state index contributed by atoms with van der Waals surface area (Å²) in [6, 6.07) is 7.36. The summed E-state index contributed by atoms with van der Waals surface area (Å²) in [7, 11) is 0. The lowest BCUT2D eigenvalue weighted by molar-refractivity contribution is 0.451. The molecule has 0 bridgehead atoms. The molecule has 0 saturated heterocycles. The molecule has 0 fully saturated rings. The Morgan fingerprint density at radius 3 is 2.75 bits per heavy atom. The van der Waals surface area contributed by atoms with Gasteiger partial charge in [0.05, 0.1) is 0 Å². The predicted molar refractivity (Wildman–Crippen MR) is 66.8 cm³/mol. The minimum atomic E-state index is -0.152. The largest absolute Gasteiger partial charge is 0.310 e. The van der Waals surface area contributed by atoms with Crippen molar-refractivity contribution < 1.29 is 4.39 Å². The number of unbranched alkanes of at least 4 members (excludes halogenated alkanes) is 1. The van der Waals surface area contributed by atoms with Crippen LogP contribution < -0.4 is 5.32 Å². The Balaban J connectivity index is 2.37. The molecule has 0 spiro atoms. The zero-order valence-electron chi connectivity index (χ0n) is 10.3. The summed E-state index contributed by atoms with van der Waals surface area (Å²) in [5.41, 5.74) is 1.02. The summed E-state index contributed by atoms with van der Waals surface area (Å²) in [4.78, 5) is 0. The molecule has 1 N–H and O–H groups in total. The molecule has 1 rings (SSSR count). The standard InChI is InChI=1S/C14H22FN/c1-3-5-9-14(4-2)16-11-12-7-6-8-13(15)10-12/h6-8,10,14,16H,3-5,9,11H2,1-2H3. The average molecular weight is 223 g/mol. The van der Waals surface area contributed by atoms with Crippen LogP contribution in [0.5, 0.6) is 0 Å². The highest BCUT2D eigenvalue weighted by atomic mass is 19.1. The van der Waals surface area contributed by atoms with E-state index in [4.69, 9.17) is 0 Å². The van der Waals surface area contributed by atoms with Gasteiger partial charge < -0.3 is 5.32 Å². The van der Waals surface area contributed by atoms with E-state index in [9.17, 15) is 4.39 Å². The summed E-state index contributed by atoms with van der Waals surface area (Å²) in [6.45, 7) is 5.16. The van der Waals surface area contributed by atoms with Gasteiger partial charge in [-0.25, -0.2) is 4.39 Å². The van der Waals surface area contributed by atoms with Gasteiger partial charge >= 0.3 is 0 Å². The van der Waals surface area contributed by atoms with Crippen LogP contribution in [0.1, 0.15) is 45.1 Å². The first kappa shape index (κ1) is 13.2. The number of benzene rings is 1. The highest BCUT2D eigenvalue weighted by Crippen LogP contribution is 2.07. The molecule has 0 radical (unpaired) electrons. The van der Waals surface area contributed by atoms with Crippen LogP contribution >= 0.6 is 0 Å². The van der Waals surface area contributed by atoms with Crippen molar-refractivity contribution in [2.24, 2.45) is 0 Å². The van der Waals surface area contributed by atoms with Crippen LogP contribution in [-0.2, 0) is 6.54 Å². The van der Waals surface area contributed by atoms with Gasteiger partial charge in [-0.15, -0.1) is 0 Å². The lowest BCUT2D eigenvalue weighted by Gasteiger charge is -2.16. The number of hydrogen-bond donors (Lipinski definition) is 1. The molecule has 1 aromatic carbocycles. The Bertz CT molecular complexity index is 299. The number of hydrogen-bond acceptors (Lipinski definition) is 1. The molecule has 0 aromatic heterocycles. The maximum atomic E-state index is 12.9. The van der Waals surface area contributed by atoms with Crippen LogP contribution in [0.15, 0.2) is 24.3 Å². The number of rotatable bonds is 7. The van der Waals surface area contributed by atoms with E-state index in [1.165, 1.54) is 25.3 Å². The SMILES string of the molecule is CCCCC(CC)NCc1cccc(F)c1. The molecule has 1 nitrogen and oxygen atoms in total. The van der Waals surface area contributed by atoms with Crippen LogP contribution in [0, 0.1) is 5.82 Å². The van der Waals surface area contributed by atoms with Crippen LogP contribution in [-0.4, -0.2) is 6.04 Å². The Labute approximate surface area is 98.1 Å². The van der Waals surface area contributed by atoms with E-state index >= 15 is 0 Å². The third-order valence-corrected chi connectivity index (χ3v) is 2.88. The molecule has 0 aliphatic heterocycles. The van der Waals surface area contributed by atoms with E-state index in [2.05, 4.69) is 19.2 Å². The zero-order valence-corrected chi connectivity index (χ0v) is 10.3. The van der Waals surface area contributed by atoms with Gasteiger partial charge in [-0.3, -0.25) is 0 Å². The van der Waals surface area contributed by atoms with Gasteiger partial charge in [0.15, 0.2) is 0 Å². The van der Waals surface area contributed by atoms with Gasteiger partial charge in [0.25, 0.3) is 0 Å². The number of halogens is 1. The maximum absolute atomic E-state index is 12.9. The fourth-order valence-electron chi connectivity index (χ4n) is 1.81. The molecule has 0 heterocycles. The van der Waals surface area contributed by atoms with Gasteiger partial charge in [0, 0.05) is 12.6 Å². The lowest BCUT2D eigenvalue weighted by Crippen LogP contribution is -2.27. The van der Waals surface area contributed by atoms with E-state index in [0.717, 1.165) is 18.5 Å². The third-order valence-electron chi connectivity index (χ3n) is 2.88. The summed E-state index contributed by atoms with van der Waals surface area (Å²) < 4.78 is 12.9. The summed E-state index contributed by atoms with van der Waals surface area (Å²) in [5.74, 6) is -0.152. The van der Waals surface area contributed by atoms with Gasteiger partial charge in [-0.2, -0.15) is 0 Å². The fourth-order valence-corrected chi connectivity index (χ4v) is 1.81. The third kappa shape index (κ3) is 4.75. The molecule has 1 atom stereocenters. The van der Waals surface area contributed by atoms with Gasteiger partial charge in [0.1, 0.15) is 5.82 Å². The molecular weight excluding hydrogens is 201 g/mol. The summed E-state index contributed by atoms with van der Waals surface area (Å²) >= 11 is 0. The second kappa shape index (κ2) is 7.39. The van der Waals surface area contributed by atoms with E-state index in [1.54, 1.807) is 12.1 Å². The van der Waals surface area contributed by atoms with Crippen molar-refractivity contribution in [2.75, 3.05) is 0 Å². The first-order valence-corrected chi connectivity index (χ1v) is 6.24. The predicted octanol–water partition coefficient (Wildman–Crippen LogP) is 3.88. The van der Waals surface area contributed by atoms with Crippen molar-refractivity contribution >= 4 is 0 Å². The molecule has 90 valence electrons. The van der Waals surface area contributed by atoms with E-state index < -0.39 is 0 Å². The van der Waals surface area contributed by atoms with Crippen LogP contribution in [0.25, 0.3) is 0 Å². The van der Waals surface area contributed by atoms with Crippen molar-refractivity contribution in [2.45, 2.75) is 52.1 Å². The Kier molecular flexibility index (Phi) is 6.09. The summed E-state index contributed by atoms with van der Waals surface area (Å²) in [5, 5.41) is 3.48. The highest BCUT2D eigenvalue weighted by molar-refractivity contribution is 5.16. The van der Waals surface area contributed by atoms with Gasteiger partial charge in [-0.1, -0.05) is 38.8 Å². The van der Waals surface area contributed by atoms with Crippen molar-refractivity contribution in [1.82, 2.24) is 5.32 Å². The van der Waals surface area contributed by atoms with Crippen LogP contribution in [0.2, 0.25) is 0 Å². The van der Waals surface area contributed by atoms with Crippen LogP contribution in [0.3, 0.4) is 0 Å². The smallest absolute Gasteiger partial charge is 0.123 e. The van der Waals surface area contributed by atoms with Gasteiger partial charge in [0.2, 0.25) is 0 Å². The normalized spacial score (nSPS) is 12.7. The van der Waals surface area contributed by atoms with E-state index in [0.29, 0.717) is 6.04 Å². The number of nitrogens with one attached hydrogen (secondary N) is 1. The molecule has 0 amide bonds. The fraction of sp³-hybridized carbons (Fsp3) is 0.571. The topological polar surface area (TPSA) is 12.0 Å². The maximum Gasteiger partial charge on any atom is 0.123 e. The lowest BCUT2D eigenvalue weighted by atomic mass is 10.1. The Morgan fingerprint density at radius 2 is 2.12 bits per heavy atom. The molecule has 0 aliphatic carbocycles. The van der Waals surface area contributed by atoms with E-state index in [-0.39, 0.29) is 5.82 Å². The second-order valence-corrected chi connectivity index (χ2v) is 4.26.